The first-order valence-electron chi connectivity index (χ1n) is 3.49. The second kappa shape index (κ2) is 3.62. The highest BCUT2D eigenvalue weighted by molar-refractivity contribution is 5.61. The summed E-state index contributed by atoms with van der Waals surface area (Å²) in [5.74, 6) is 0.285. The number of hydrogen-bond acceptors (Lipinski definition) is 4. The zero-order valence-electron chi connectivity index (χ0n) is 6.82. The maximum atomic E-state index is 11.0. The Balaban J connectivity index is 3.51. The minimum Gasteiger partial charge on any atom is -0.421 e. The molecule has 0 fully saturated rings. The monoisotopic (exact) mass is 177 g/mol. The van der Waals surface area contributed by atoms with Crippen LogP contribution in [0.2, 0.25) is 0 Å². The van der Waals surface area contributed by atoms with Gasteiger partial charge in [-0.25, -0.2) is 4.79 Å². The van der Waals surface area contributed by atoms with Crippen LogP contribution in [0.25, 0.3) is 12.2 Å². The molecule has 0 unspecified atom stereocenters. The van der Waals surface area contributed by atoms with E-state index in [4.69, 9.17) is 4.42 Å². The van der Waals surface area contributed by atoms with E-state index in [1.807, 2.05) is 0 Å². The molecule has 1 aromatic heterocycles. The number of hydrogen-bond donors (Lipinski definition) is 0. The van der Waals surface area contributed by atoms with Gasteiger partial charge in [-0.3, -0.25) is 0 Å². The Morgan fingerprint density at radius 1 is 1.38 bits per heavy atom. The van der Waals surface area contributed by atoms with Gasteiger partial charge in [0.15, 0.2) is 5.69 Å². The molecule has 1 heterocycles. The van der Waals surface area contributed by atoms with Gasteiger partial charge in [-0.05, 0) is 17.3 Å². The average molecular weight is 177 g/mol. The van der Waals surface area contributed by atoms with E-state index in [0.717, 1.165) is 0 Å². The quantitative estimate of drug-likeness (QED) is 0.665. The van der Waals surface area contributed by atoms with E-state index >= 15 is 0 Å². The summed E-state index contributed by atoms with van der Waals surface area (Å²) in [6.07, 6.45) is 2.82. The van der Waals surface area contributed by atoms with Crippen molar-refractivity contribution in [1.82, 2.24) is 0 Å². The van der Waals surface area contributed by atoms with Crippen molar-refractivity contribution in [1.29, 1.82) is 0 Å². The fourth-order valence-corrected chi connectivity index (χ4v) is 0.871. The van der Waals surface area contributed by atoms with Crippen molar-refractivity contribution in [2.24, 2.45) is 5.18 Å². The summed E-state index contributed by atoms with van der Waals surface area (Å²) in [6, 6.07) is 1.31. The fraction of sp³-hybridized carbons (Fsp3) is 0. The summed E-state index contributed by atoms with van der Waals surface area (Å²) < 4.78 is 4.73. The van der Waals surface area contributed by atoms with Crippen LogP contribution in [-0.4, -0.2) is 0 Å². The van der Waals surface area contributed by atoms with Crippen LogP contribution < -0.4 is 5.63 Å². The van der Waals surface area contributed by atoms with E-state index in [9.17, 15) is 9.70 Å². The van der Waals surface area contributed by atoms with E-state index in [1.165, 1.54) is 18.2 Å². The van der Waals surface area contributed by atoms with E-state index < -0.39 is 5.63 Å². The van der Waals surface area contributed by atoms with Crippen molar-refractivity contribution in [2.45, 2.75) is 0 Å². The molecule has 0 saturated heterocycles. The lowest BCUT2D eigenvalue weighted by molar-refractivity contribution is 0.502. The minimum absolute atomic E-state index is 0.263. The van der Waals surface area contributed by atoms with Crippen molar-refractivity contribution < 1.29 is 4.42 Å². The molecule has 4 heteroatoms. The molecule has 4 nitrogen and oxygen atoms in total. The number of rotatable bonds is 3. The SMILES string of the molecule is C=Cc1cc(N=O)c(=O)oc1C=C. The zero-order valence-corrected chi connectivity index (χ0v) is 6.82. The summed E-state index contributed by atoms with van der Waals surface area (Å²) in [7, 11) is 0. The second-order valence-electron chi connectivity index (χ2n) is 2.24. The van der Waals surface area contributed by atoms with Gasteiger partial charge in [0.2, 0.25) is 0 Å². The Morgan fingerprint density at radius 3 is 2.54 bits per heavy atom. The highest BCUT2D eigenvalue weighted by Gasteiger charge is 2.06. The Morgan fingerprint density at radius 2 is 2.08 bits per heavy atom. The molecule has 0 bridgehead atoms. The molecule has 0 N–H and O–H groups in total. The number of nitroso groups, excluding NO2 is 1. The van der Waals surface area contributed by atoms with Gasteiger partial charge in [0.05, 0.1) is 0 Å². The van der Waals surface area contributed by atoms with Crippen LogP contribution in [0.5, 0.6) is 0 Å². The summed E-state index contributed by atoms with van der Waals surface area (Å²) in [5, 5.41) is 2.52. The molecule has 1 aromatic rings. The molecule has 0 aliphatic carbocycles. The van der Waals surface area contributed by atoms with Gasteiger partial charge < -0.3 is 4.42 Å². The molecule has 0 radical (unpaired) electrons. The van der Waals surface area contributed by atoms with Gasteiger partial charge in [0.25, 0.3) is 0 Å². The lowest BCUT2D eigenvalue weighted by atomic mass is 10.2. The minimum atomic E-state index is -0.768. The number of nitrogens with zero attached hydrogens (tertiary/aromatic N) is 1. The van der Waals surface area contributed by atoms with Gasteiger partial charge >= 0.3 is 5.63 Å². The van der Waals surface area contributed by atoms with Gasteiger partial charge in [-0.1, -0.05) is 19.2 Å². The molecule has 0 aliphatic heterocycles. The predicted molar refractivity (Wildman–Crippen MR) is 50.6 cm³/mol. The van der Waals surface area contributed by atoms with Crippen LogP contribution in [0.3, 0.4) is 0 Å². The Kier molecular flexibility index (Phi) is 2.54. The lowest BCUT2D eigenvalue weighted by Gasteiger charge is -1.97. The van der Waals surface area contributed by atoms with E-state index in [2.05, 4.69) is 18.3 Å². The summed E-state index contributed by atoms with van der Waals surface area (Å²) in [5.41, 5.74) is -0.514. The molecule has 0 amide bonds. The van der Waals surface area contributed by atoms with Gasteiger partial charge in [-0.15, -0.1) is 4.91 Å². The highest BCUT2D eigenvalue weighted by Crippen LogP contribution is 2.15. The topological polar surface area (TPSA) is 59.6 Å². The molecule has 0 aliphatic rings. The fourth-order valence-electron chi connectivity index (χ4n) is 0.871. The van der Waals surface area contributed by atoms with Crippen molar-refractivity contribution in [2.75, 3.05) is 0 Å². The first-order valence-corrected chi connectivity index (χ1v) is 3.49. The van der Waals surface area contributed by atoms with Crippen LogP contribution in [-0.2, 0) is 0 Å². The second-order valence-corrected chi connectivity index (χ2v) is 2.24. The normalized spacial score (nSPS) is 9.23. The summed E-state index contributed by atoms with van der Waals surface area (Å²) in [4.78, 5) is 21.1. The maximum Gasteiger partial charge on any atom is 0.366 e. The molecule has 0 saturated carbocycles. The van der Waals surface area contributed by atoms with Crippen molar-refractivity contribution in [3.63, 3.8) is 0 Å². The third-order valence-corrected chi connectivity index (χ3v) is 1.49. The van der Waals surface area contributed by atoms with Crippen LogP contribution in [0.15, 0.2) is 33.6 Å². The highest BCUT2D eigenvalue weighted by atomic mass is 16.4. The first kappa shape index (κ1) is 9.12. The summed E-state index contributed by atoms with van der Waals surface area (Å²) >= 11 is 0. The van der Waals surface area contributed by atoms with E-state index in [0.29, 0.717) is 5.56 Å². The Hall–Kier alpha value is -1.97. The standard InChI is InChI=1S/C9H7NO3/c1-3-6-5-7(10-12)9(11)13-8(6)4-2/h3-5H,1-2H2. The van der Waals surface area contributed by atoms with Crippen molar-refractivity contribution >= 4 is 17.8 Å². The van der Waals surface area contributed by atoms with Crippen molar-refractivity contribution in [3.05, 3.63) is 45.9 Å². The van der Waals surface area contributed by atoms with Gasteiger partial charge in [0, 0.05) is 5.56 Å². The molecule has 13 heavy (non-hydrogen) atoms. The Labute approximate surface area is 74.2 Å². The molecule has 0 aromatic carbocycles. The molecule has 0 atom stereocenters. The first-order chi connectivity index (χ1) is 6.22. The molecular formula is C9H7NO3. The Bertz CT molecular complexity index is 417. The maximum absolute atomic E-state index is 11.0. The molecule has 0 spiro atoms. The average Bonchev–Trinajstić information content (AvgIpc) is 2.17. The van der Waals surface area contributed by atoms with Crippen LogP contribution in [0.4, 0.5) is 5.69 Å². The van der Waals surface area contributed by atoms with Gasteiger partial charge in [0.1, 0.15) is 5.76 Å². The predicted octanol–water partition coefficient (Wildman–Crippen LogP) is 2.32. The van der Waals surface area contributed by atoms with Crippen LogP contribution in [0, 0.1) is 4.91 Å². The van der Waals surface area contributed by atoms with Crippen molar-refractivity contribution in [3.8, 4) is 0 Å². The van der Waals surface area contributed by atoms with E-state index in [-0.39, 0.29) is 11.4 Å². The third-order valence-electron chi connectivity index (χ3n) is 1.49. The third kappa shape index (κ3) is 1.61. The molecule has 66 valence electrons. The summed E-state index contributed by atoms with van der Waals surface area (Å²) in [6.45, 7) is 6.94. The van der Waals surface area contributed by atoms with Gasteiger partial charge in [-0.2, -0.15) is 0 Å². The van der Waals surface area contributed by atoms with Crippen LogP contribution >= 0.6 is 0 Å². The smallest absolute Gasteiger partial charge is 0.366 e. The zero-order chi connectivity index (χ0) is 9.84. The van der Waals surface area contributed by atoms with Crippen LogP contribution in [0.1, 0.15) is 11.3 Å². The molecule has 1 rings (SSSR count). The van der Waals surface area contributed by atoms with E-state index in [1.54, 1.807) is 0 Å². The molecular weight excluding hydrogens is 170 g/mol. The lowest BCUT2D eigenvalue weighted by Crippen LogP contribution is -1.99. The largest absolute Gasteiger partial charge is 0.421 e.